The highest BCUT2D eigenvalue weighted by molar-refractivity contribution is 7.99. The molecule has 2 heterocycles. The third-order valence-corrected chi connectivity index (χ3v) is 4.51. The van der Waals surface area contributed by atoms with Gasteiger partial charge in [0.15, 0.2) is 11.6 Å². The summed E-state index contributed by atoms with van der Waals surface area (Å²) < 4.78 is 27.5. The highest BCUT2D eigenvalue weighted by Gasteiger charge is 2.08. The predicted octanol–water partition coefficient (Wildman–Crippen LogP) is 3.15. The number of amides is 1. The van der Waals surface area contributed by atoms with E-state index in [9.17, 15) is 18.4 Å². The molecule has 134 valence electrons. The van der Waals surface area contributed by atoms with Crippen LogP contribution in [-0.2, 0) is 10.5 Å². The average molecular weight is 375 g/mol. The van der Waals surface area contributed by atoms with Gasteiger partial charge in [0.2, 0.25) is 5.91 Å². The molecular weight excluding hydrogens is 360 g/mol. The lowest BCUT2D eigenvalue weighted by atomic mass is 10.3. The summed E-state index contributed by atoms with van der Waals surface area (Å²) in [5.74, 6) is -1.87. The number of anilines is 1. The monoisotopic (exact) mass is 375 g/mol. The Morgan fingerprint density at radius 3 is 2.77 bits per heavy atom. The lowest BCUT2D eigenvalue weighted by molar-refractivity contribution is -0.113. The van der Waals surface area contributed by atoms with Crippen molar-refractivity contribution in [2.75, 3.05) is 11.1 Å². The molecule has 5 nitrogen and oxygen atoms in total. The SMILES string of the molecule is Cc1ccc2nc(CSCC(=O)Nc3ccc(F)c(F)c3)cc(=O)n2c1. The van der Waals surface area contributed by atoms with E-state index in [4.69, 9.17) is 0 Å². The molecule has 0 radical (unpaired) electrons. The summed E-state index contributed by atoms with van der Waals surface area (Å²) in [6.07, 6.45) is 1.72. The van der Waals surface area contributed by atoms with Gasteiger partial charge in [0.25, 0.3) is 5.56 Å². The molecule has 1 N–H and O–H groups in total. The van der Waals surface area contributed by atoms with Crippen LogP contribution in [0.5, 0.6) is 0 Å². The molecule has 0 fully saturated rings. The Balaban J connectivity index is 1.60. The number of benzene rings is 1. The Morgan fingerprint density at radius 2 is 2.00 bits per heavy atom. The zero-order valence-electron chi connectivity index (χ0n) is 13.8. The van der Waals surface area contributed by atoms with E-state index in [1.54, 1.807) is 12.3 Å². The number of carbonyl (C=O) groups is 1. The summed E-state index contributed by atoms with van der Waals surface area (Å²) in [4.78, 5) is 28.4. The number of hydrogen-bond acceptors (Lipinski definition) is 4. The Morgan fingerprint density at radius 1 is 1.19 bits per heavy atom. The van der Waals surface area contributed by atoms with Crippen LogP contribution in [0.15, 0.2) is 47.4 Å². The van der Waals surface area contributed by atoms with Crippen LogP contribution in [-0.4, -0.2) is 21.0 Å². The van der Waals surface area contributed by atoms with Gasteiger partial charge in [-0.3, -0.25) is 14.0 Å². The van der Waals surface area contributed by atoms with E-state index in [0.29, 0.717) is 17.1 Å². The first kappa shape index (κ1) is 18.1. The van der Waals surface area contributed by atoms with Gasteiger partial charge in [0.1, 0.15) is 5.65 Å². The molecule has 2 aromatic heterocycles. The molecular formula is C18H15F2N3O2S. The Bertz CT molecular complexity index is 1040. The Kier molecular flexibility index (Phi) is 5.32. The highest BCUT2D eigenvalue weighted by atomic mass is 32.2. The van der Waals surface area contributed by atoms with Crippen molar-refractivity contribution in [3.05, 3.63) is 75.8 Å². The quantitative estimate of drug-likeness (QED) is 0.744. The van der Waals surface area contributed by atoms with E-state index in [2.05, 4.69) is 10.3 Å². The number of hydrogen-bond donors (Lipinski definition) is 1. The number of fused-ring (bicyclic) bond motifs is 1. The summed E-state index contributed by atoms with van der Waals surface area (Å²) >= 11 is 1.27. The standard InChI is InChI=1S/C18H15F2N3O2S/c1-11-2-5-16-21-13(7-18(25)23(16)8-11)9-26-10-17(24)22-12-3-4-14(19)15(20)6-12/h2-8H,9-10H2,1H3,(H,22,24). The number of thioether (sulfide) groups is 1. The molecule has 0 aliphatic carbocycles. The van der Waals surface area contributed by atoms with Crippen LogP contribution in [0.3, 0.4) is 0 Å². The van der Waals surface area contributed by atoms with Gasteiger partial charge in [-0.2, -0.15) is 0 Å². The first-order valence-electron chi connectivity index (χ1n) is 7.74. The van der Waals surface area contributed by atoms with E-state index >= 15 is 0 Å². The third-order valence-electron chi connectivity index (χ3n) is 3.55. The minimum Gasteiger partial charge on any atom is -0.325 e. The number of nitrogens with zero attached hydrogens (tertiary/aromatic N) is 2. The molecule has 0 aliphatic rings. The van der Waals surface area contributed by atoms with Crippen LogP contribution >= 0.6 is 11.8 Å². The molecule has 3 rings (SSSR count). The lowest BCUT2D eigenvalue weighted by Gasteiger charge is -2.06. The first-order chi connectivity index (χ1) is 12.4. The van der Waals surface area contributed by atoms with Gasteiger partial charge in [-0.05, 0) is 30.7 Å². The molecule has 26 heavy (non-hydrogen) atoms. The summed E-state index contributed by atoms with van der Waals surface area (Å²) in [6, 6.07) is 8.23. The van der Waals surface area contributed by atoms with Crippen molar-refractivity contribution in [3.63, 3.8) is 0 Å². The van der Waals surface area contributed by atoms with E-state index in [1.165, 1.54) is 28.3 Å². The summed E-state index contributed by atoms with van der Waals surface area (Å²) in [5, 5.41) is 2.49. The number of pyridine rings is 1. The molecule has 1 amide bonds. The zero-order chi connectivity index (χ0) is 18.7. The van der Waals surface area contributed by atoms with Gasteiger partial charge in [-0.15, -0.1) is 11.8 Å². The van der Waals surface area contributed by atoms with Gasteiger partial charge < -0.3 is 5.32 Å². The van der Waals surface area contributed by atoms with Crippen molar-refractivity contribution >= 4 is 29.0 Å². The van der Waals surface area contributed by atoms with Gasteiger partial charge in [-0.1, -0.05) is 6.07 Å². The van der Waals surface area contributed by atoms with Crippen LogP contribution in [0.1, 0.15) is 11.3 Å². The maximum Gasteiger partial charge on any atom is 0.258 e. The third kappa shape index (κ3) is 4.26. The maximum absolute atomic E-state index is 13.1. The van der Waals surface area contributed by atoms with Crippen molar-refractivity contribution < 1.29 is 13.6 Å². The van der Waals surface area contributed by atoms with E-state index in [-0.39, 0.29) is 22.9 Å². The molecule has 1 aromatic carbocycles. The first-order valence-corrected chi connectivity index (χ1v) is 8.89. The minimum atomic E-state index is -1.02. The lowest BCUT2D eigenvalue weighted by Crippen LogP contribution is -2.16. The minimum absolute atomic E-state index is 0.0912. The van der Waals surface area contributed by atoms with Crippen LogP contribution in [0.25, 0.3) is 5.65 Å². The number of aromatic nitrogens is 2. The Hall–Kier alpha value is -2.74. The van der Waals surface area contributed by atoms with Crippen molar-refractivity contribution in [1.82, 2.24) is 9.38 Å². The second kappa shape index (κ2) is 7.65. The average Bonchev–Trinajstić information content (AvgIpc) is 2.59. The van der Waals surface area contributed by atoms with Gasteiger partial charge in [0.05, 0.1) is 11.4 Å². The number of aryl methyl sites for hydroxylation is 1. The van der Waals surface area contributed by atoms with Crippen molar-refractivity contribution in [1.29, 1.82) is 0 Å². The van der Waals surface area contributed by atoms with Crippen LogP contribution < -0.4 is 10.9 Å². The topological polar surface area (TPSA) is 63.5 Å². The molecule has 3 aromatic rings. The Labute approximate surface area is 152 Å². The second-order valence-electron chi connectivity index (χ2n) is 5.69. The van der Waals surface area contributed by atoms with Crippen molar-refractivity contribution in [2.24, 2.45) is 0 Å². The zero-order valence-corrected chi connectivity index (χ0v) is 14.6. The smallest absolute Gasteiger partial charge is 0.258 e. The fraction of sp³-hybridized carbons (Fsp3) is 0.167. The highest BCUT2D eigenvalue weighted by Crippen LogP contribution is 2.15. The summed E-state index contributed by atoms with van der Waals surface area (Å²) in [5.41, 5.74) is 2.08. The number of halogens is 2. The normalized spacial score (nSPS) is 10.9. The van der Waals surface area contributed by atoms with Crippen molar-refractivity contribution in [3.8, 4) is 0 Å². The fourth-order valence-electron chi connectivity index (χ4n) is 2.35. The van der Waals surface area contributed by atoms with Gasteiger partial charge in [-0.25, -0.2) is 13.8 Å². The van der Waals surface area contributed by atoms with E-state index in [0.717, 1.165) is 17.7 Å². The summed E-state index contributed by atoms with van der Waals surface area (Å²) in [6.45, 7) is 1.89. The summed E-state index contributed by atoms with van der Waals surface area (Å²) in [7, 11) is 0. The number of rotatable bonds is 5. The molecule has 0 bridgehead atoms. The fourth-order valence-corrected chi connectivity index (χ4v) is 3.07. The van der Waals surface area contributed by atoms with Crippen molar-refractivity contribution in [2.45, 2.75) is 12.7 Å². The predicted molar refractivity (Wildman–Crippen MR) is 97.3 cm³/mol. The van der Waals surface area contributed by atoms with Crippen LogP contribution in [0.2, 0.25) is 0 Å². The molecule has 0 saturated carbocycles. The largest absolute Gasteiger partial charge is 0.325 e. The number of nitrogens with one attached hydrogen (secondary N) is 1. The molecule has 0 unspecified atom stereocenters. The van der Waals surface area contributed by atoms with Gasteiger partial charge in [0, 0.05) is 29.8 Å². The molecule has 0 aliphatic heterocycles. The van der Waals surface area contributed by atoms with Crippen LogP contribution in [0.4, 0.5) is 14.5 Å². The number of carbonyl (C=O) groups excluding carboxylic acids is 1. The molecule has 0 saturated heterocycles. The maximum atomic E-state index is 13.1. The molecule has 0 spiro atoms. The van der Waals surface area contributed by atoms with E-state index in [1.807, 2.05) is 13.0 Å². The second-order valence-corrected chi connectivity index (χ2v) is 6.68. The van der Waals surface area contributed by atoms with Gasteiger partial charge >= 0.3 is 0 Å². The van der Waals surface area contributed by atoms with E-state index < -0.39 is 11.6 Å². The van der Waals surface area contributed by atoms with Crippen LogP contribution in [0, 0.1) is 18.6 Å². The molecule has 0 atom stereocenters. The molecule has 8 heteroatoms.